The number of nitrogens with zero attached hydrogens (tertiary/aromatic N) is 4. The molecule has 0 amide bonds. The summed E-state index contributed by atoms with van der Waals surface area (Å²) in [5.74, 6) is 2.77. The maximum atomic E-state index is 5.38. The van der Waals surface area contributed by atoms with Gasteiger partial charge in [0.1, 0.15) is 10.8 Å². The highest BCUT2D eigenvalue weighted by Crippen LogP contribution is 2.32. The van der Waals surface area contributed by atoms with Gasteiger partial charge >= 0.3 is 0 Å². The van der Waals surface area contributed by atoms with Crippen molar-refractivity contribution in [2.45, 2.75) is 0 Å². The number of methoxy groups -OCH3 is 3. The lowest BCUT2D eigenvalue weighted by Crippen LogP contribution is -1.94. The van der Waals surface area contributed by atoms with Crippen molar-refractivity contribution in [1.29, 1.82) is 0 Å². The molecule has 0 saturated heterocycles. The van der Waals surface area contributed by atoms with Crippen molar-refractivity contribution in [3.05, 3.63) is 53.0 Å². The van der Waals surface area contributed by atoms with Crippen LogP contribution in [-0.2, 0) is 0 Å². The minimum absolute atomic E-state index is 0.631. The Bertz CT molecular complexity index is 1130. The predicted octanol–water partition coefficient (Wildman–Crippen LogP) is 4.05. The fourth-order valence-corrected chi connectivity index (χ4v) is 3.48. The number of hydrogen-bond acceptors (Lipinski definition) is 7. The van der Waals surface area contributed by atoms with Crippen molar-refractivity contribution in [1.82, 2.24) is 19.8 Å². The summed E-state index contributed by atoms with van der Waals surface area (Å²) in [4.78, 5) is 0.721. The van der Waals surface area contributed by atoms with E-state index in [1.807, 2.05) is 54.6 Å². The van der Waals surface area contributed by atoms with Crippen LogP contribution in [0.2, 0.25) is 0 Å². The highest BCUT2D eigenvalue weighted by molar-refractivity contribution is 7.17. The first-order valence-corrected chi connectivity index (χ1v) is 9.30. The molecular formula is C20H18N4O3S. The van der Waals surface area contributed by atoms with Gasteiger partial charge in [-0.1, -0.05) is 29.5 Å². The van der Waals surface area contributed by atoms with E-state index in [2.05, 4.69) is 15.3 Å². The highest BCUT2D eigenvalue weighted by Gasteiger charge is 2.14. The molecule has 0 spiro atoms. The monoisotopic (exact) mass is 394 g/mol. The Labute approximate surface area is 165 Å². The molecule has 0 atom stereocenters. The van der Waals surface area contributed by atoms with E-state index in [9.17, 15) is 0 Å². The summed E-state index contributed by atoms with van der Waals surface area (Å²) in [5, 5.41) is 14.0. The average molecular weight is 394 g/mol. The fourth-order valence-electron chi connectivity index (χ4n) is 2.74. The van der Waals surface area contributed by atoms with Gasteiger partial charge in [0, 0.05) is 5.56 Å². The van der Waals surface area contributed by atoms with E-state index >= 15 is 0 Å². The average Bonchev–Trinajstić information content (AvgIpc) is 3.32. The molecule has 8 heteroatoms. The molecule has 0 N–H and O–H groups in total. The van der Waals surface area contributed by atoms with E-state index in [-0.39, 0.29) is 0 Å². The first-order chi connectivity index (χ1) is 13.7. The number of hydrogen-bond donors (Lipinski definition) is 0. The topological polar surface area (TPSA) is 70.8 Å². The van der Waals surface area contributed by atoms with Crippen LogP contribution < -0.4 is 14.2 Å². The Morgan fingerprint density at radius 3 is 2.36 bits per heavy atom. The number of fused-ring (bicyclic) bond motifs is 1. The lowest BCUT2D eigenvalue weighted by atomic mass is 10.2. The lowest BCUT2D eigenvalue weighted by Gasteiger charge is -2.08. The Morgan fingerprint density at radius 1 is 0.857 bits per heavy atom. The SMILES string of the molecule is COc1ccc(/C=C\c2nn3c(-c4ccc(OC)c(OC)c4)nnc3s2)cc1. The summed E-state index contributed by atoms with van der Waals surface area (Å²) in [6, 6.07) is 13.4. The van der Waals surface area contributed by atoms with Gasteiger partial charge in [0.05, 0.1) is 21.3 Å². The molecule has 0 fully saturated rings. The van der Waals surface area contributed by atoms with E-state index in [0.717, 1.165) is 26.8 Å². The lowest BCUT2D eigenvalue weighted by molar-refractivity contribution is 0.355. The van der Waals surface area contributed by atoms with Crippen molar-refractivity contribution in [2.24, 2.45) is 0 Å². The van der Waals surface area contributed by atoms with Crippen molar-refractivity contribution in [2.75, 3.05) is 21.3 Å². The van der Waals surface area contributed by atoms with E-state index in [1.54, 1.807) is 25.8 Å². The van der Waals surface area contributed by atoms with E-state index < -0.39 is 0 Å². The predicted molar refractivity (Wildman–Crippen MR) is 109 cm³/mol. The molecule has 0 unspecified atom stereocenters. The zero-order valence-electron chi connectivity index (χ0n) is 15.6. The molecular weight excluding hydrogens is 376 g/mol. The van der Waals surface area contributed by atoms with Gasteiger partial charge in [-0.15, -0.1) is 10.2 Å². The van der Waals surface area contributed by atoms with Crippen LogP contribution in [0.15, 0.2) is 42.5 Å². The van der Waals surface area contributed by atoms with Crippen LogP contribution in [0.5, 0.6) is 17.2 Å². The zero-order chi connectivity index (χ0) is 19.5. The van der Waals surface area contributed by atoms with Gasteiger partial charge in [-0.25, -0.2) is 0 Å². The summed E-state index contributed by atoms with van der Waals surface area (Å²) < 4.78 is 17.6. The molecule has 4 aromatic rings. The second-order valence-corrected chi connectivity index (χ2v) is 6.82. The summed E-state index contributed by atoms with van der Waals surface area (Å²) in [5.41, 5.74) is 1.91. The number of ether oxygens (including phenoxy) is 3. The van der Waals surface area contributed by atoms with Crippen molar-refractivity contribution in [3.63, 3.8) is 0 Å². The number of benzene rings is 2. The molecule has 4 rings (SSSR count). The largest absolute Gasteiger partial charge is 0.497 e. The minimum atomic E-state index is 0.631. The van der Waals surface area contributed by atoms with Crippen LogP contribution in [0.25, 0.3) is 28.5 Å². The fraction of sp³-hybridized carbons (Fsp3) is 0.150. The summed E-state index contributed by atoms with van der Waals surface area (Å²) in [7, 11) is 4.86. The molecule has 0 aliphatic heterocycles. The second-order valence-electron chi connectivity index (χ2n) is 5.83. The van der Waals surface area contributed by atoms with Crippen LogP contribution in [0.1, 0.15) is 10.6 Å². The number of rotatable bonds is 6. The first-order valence-electron chi connectivity index (χ1n) is 8.48. The van der Waals surface area contributed by atoms with Crippen LogP contribution in [0.3, 0.4) is 0 Å². The summed E-state index contributed by atoms with van der Waals surface area (Å²) >= 11 is 1.47. The highest BCUT2D eigenvalue weighted by atomic mass is 32.1. The van der Waals surface area contributed by atoms with Crippen LogP contribution in [0, 0.1) is 0 Å². The molecule has 0 radical (unpaired) electrons. The van der Waals surface area contributed by atoms with Gasteiger partial charge in [-0.2, -0.15) is 9.61 Å². The maximum Gasteiger partial charge on any atom is 0.235 e. The van der Waals surface area contributed by atoms with Crippen molar-refractivity contribution >= 4 is 28.4 Å². The Hall–Kier alpha value is -3.39. The maximum absolute atomic E-state index is 5.38. The van der Waals surface area contributed by atoms with Crippen LogP contribution in [0.4, 0.5) is 0 Å². The second kappa shape index (κ2) is 7.69. The molecule has 142 valence electrons. The summed E-state index contributed by atoms with van der Waals surface area (Å²) in [6.07, 6.45) is 3.96. The van der Waals surface area contributed by atoms with E-state index in [1.165, 1.54) is 11.3 Å². The van der Waals surface area contributed by atoms with Gasteiger partial charge in [0.15, 0.2) is 17.3 Å². The smallest absolute Gasteiger partial charge is 0.235 e. The molecule has 2 aromatic heterocycles. The third kappa shape index (κ3) is 3.41. The minimum Gasteiger partial charge on any atom is -0.497 e. The van der Waals surface area contributed by atoms with Gasteiger partial charge < -0.3 is 14.2 Å². The molecule has 2 aromatic carbocycles. The Morgan fingerprint density at radius 2 is 1.64 bits per heavy atom. The summed E-state index contributed by atoms with van der Waals surface area (Å²) in [6.45, 7) is 0. The third-order valence-corrected chi connectivity index (χ3v) is 5.05. The van der Waals surface area contributed by atoms with Gasteiger partial charge in [0.25, 0.3) is 0 Å². The van der Waals surface area contributed by atoms with Crippen LogP contribution >= 0.6 is 11.3 Å². The zero-order valence-corrected chi connectivity index (χ0v) is 16.4. The number of aromatic nitrogens is 4. The molecule has 0 aliphatic carbocycles. The molecule has 0 saturated carbocycles. The van der Waals surface area contributed by atoms with Crippen LogP contribution in [-0.4, -0.2) is 41.1 Å². The standard InChI is InChI=1S/C20H18N4O3S/c1-25-15-8-4-13(5-9-15)6-11-18-23-24-19(21-22-20(24)28-18)14-7-10-16(26-2)17(12-14)27-3/h4-12H,1-3H3/b11-6-. The molecule has 0 aliphatic rings. The van der Waals surface area contributed by atoms with E-state index in [0.29, 0.717) is 17.3 Å². The normalized spacial score (nSPS) is 11.2. The first kappa shape index (κ1) is 18.0. The third-order valence-electron chi connectivity index (χ3n) is 4.18. The Kier molecular flexibility index (Phi) is 4.94. The molecule has 28 heavy (non-hydrogen) atoms. The molecule has 2 heterocycles. The van der Waals surface area contributed by atoms with Gasteiger partial charge in [-0.05, 0) is 42.0 Å². The van der Waals surface area contributed by atoms with Crippen molar-refractivity contribution < 1.29 is 14.2 Å². The Balaban J connectivity index is 1.64. The van der Waals surface area contributed by atoms with Gasteiger partial charge in [-0.3, -0.25) is 0 Å². The van der Waals surface area contributed by atoms with Gasteiger partial charge in [0.2, 0.25) is 4.96 Å². The quantitative estimate of drug-likeness (QED) is 0.491. The molecule has 0 bridgehead atoms. The van der Waals surface area contributed by atoms with Crippen molar-refractivity contribution in [3.8, 4) is 28.6 Å². The molecule has 7 nitrogen and oxygen atoms in total. The van der Waals surface area contributed by atoms with E-state index in [4.69, 9.17) is 14.2 Å².